The summed E-state index contributed by atoms with van der Waals surface area (Å²) >= 11 is 0. The number of methoxy groups -OCH3 is 1. The van der Waals surface area contributed by atoms with E-state index in [-0.39, 0.29) is 18.4 Å². The maximum Gasteiger partial charge on any atom is 0.319 e. The van der Waals surface area contributed by atoms with Crippen LogP contribution in [-0.4, -0.2) is 50.5 Å². The Morgan fingerprint density at radius 3 is 2.41 bits per heavy atom. The molecule has 0 atom stereocenters. The van der Waals surface area contributed by atoms with Crippen molar-refractivity contribution >= 4 is 29.2 Å². The fourth-order valence-corrected chi connectivity index (χ4v) is 1.55. The number of carbonyl (C=O) groups is 3. The number of hydrogen-bond acceptors (Lipinski definition) is 4. The number of nitrogens with zero attached hydrogens (tertiary/aromatic N) is 1. The van der Waals surface area contributed by atoms with Crippen LogP contribution in [0.15, 0.2) is 18.2 Å². The Labute approximate surface area is 128 Å². The van der Waals surface area contributed by atoms with Crippen LogP contribution in [0.4, 0.5) is 16.2 Å². The topological polar surface area (TPSA) is 99.8 Å². The van der Waals surface area contributed by atoms with Gasteiger partial charge >= 0.3 is 6.03 Å². The van der Waals surface area contributed by atoms with Crippen LogP contribution >= 0.6 is 0 Å². The summed E-state index contributed by atoms with van der Waals surface area (Å²) < 4.78 is 5.15. The highest BCUT2D eigenvalue weighted by atomic mass is 16.5. The molecule has 1 aromatic rings. The first-order chi connectivity index (χ1) is 10.3. The lowest BCUT2D eigenvalue weighted by molar-refractivity contribution is -0.127. The molecule has 0 aliphatic heterocycles. The highest BCUT2D eigenvalue weighted by Gasteiger charge is 2.10. The molecule has 0 saturated heterocycles. The Morgan fingerprint density at radius 2 is 1.86 bits per heavy atom. The van der Waals surface area contributed by atoms with Gasteiger partial charge in [-0.1, -0.05) is 0 Å². The van der Waals surface area contributed by atoms with Crippen LogP contribution in [0.5, 0.6) is 5.75 Å². The van der Waals surface area contributed by atoms with Crippen LogP contribution in [0.1, 0.15) is 6.92 Å². The second-order valence-corrected chi connectivity index (χ2v) is 4.69. The Morgan fingerprint density at radius 1 is 1.18 bits per heavy atom. The average Bonchev–Trinajstić information content (AvgIpc) is 2.45. The first-order valence-electron chi connectivity index (χ1n) is 6.54. The number of benzene rings is 1. The number of rotatable bonds is 5. The van der Waals surface area contributed by atoms with E-state index >= 15 is 0 Å². The fraction of sp³-hybridized carbons (Fsp3) is 0.357. The summed E-state index contributed by atoms with van der Waals surface area (Å²) in [6.07, 6.45) is 0. The SMILES string of the molecule is COc1cc(NC(=O)NCC(=O)N(C)C)ccc1NC(C)=O. The summed E-state index contributed by atoms with van der Waals surface area (Å²) in [5.41, 5.74) is 0.976. The molecule has 0 aromatic heterocycles. The van der Waals surface area contributed by atoms with E-state index in [0.29, 0.717) is 17.1 Å². The molecule has 8 heteroatoms. The summed E-state index contributed by atoms with van der Waals surface area (Å²) in [7, 11) is 4.67. The van der Waals surface area contributed by atoms with Crippen LogP contribution in [-0.2, 0) is 9.59 Å². The minimum absolute atomic E-state index is 0.0973. The normalized spacial score (nSPS) is 9.64. The highest BCUT2D eigenvalue weighted by Crippen LogP contribution is 2.27. The van der Waals surface area contributed by atoms with Gasteiger partial charge in [0.2, 0.25) is 11.8 Å². The molecule has 0 unspecified atom stereocenters. The number of hydrogen-bond donors (Lipinski definition) is 3. The summed E-state index contributed by atoms with van der Waals surface area (Å²) in [4.78, 5) is 35.5. The van der Waals surface area contributed by atoms with Gasteiger partial charge in [-0.2, -0.15) is 0 Å². The zero-order valence-corrected chi connectivity index (χ0v) is 13.0. The van der Waals surface area contributed by atoms with Crippen molar-refractivity contribution in [2.24, 2.45) is 0 Å². The van der Waals surface area contributed by atoms with Crippen molar-refractivity contribution in [2.45, 2.75) is 6.92 Å². The van der Waals surface area contributed by atoms with Gasteiger partial charge in [-0.25, -0.2) is 4.79 Å². The van der Waals surface area contributed by atoms with Crippen LogP contribution in [0.25, 0.3) is 0 Å². The lowest BCUT2D eigenvalue weighted by atomic mass is 10.2. The van der Waals surface area contributed by atoms with E-state index in [1.54, 1.807) is 32.3 Å². The van der Waals surface area contributed by atoms with E-state index in [4.69, 9.17) is 4.74 Å². The molecule has 0 spiro atoms. The molecule has 3 N–H and O–H groups in total. The monoisotopic (exact) mass is 308 g/mol. The van der Waals surface area contributed by atoms with Crippen LogP contribution in [0.2, 0.25) is 0 Å². The molecule has 8 nitrogen and oxygen atoms in total. The van der Waals surface area contributed by atoms with Gasteiger partial charge < -0.3 is 25.6 Å². The molecule has 0 bridgehead atoms. The minimum Gasteiger partial charge on any atom is -0.494 e. The predicted molar refractivity (Wildman–Crippen MR) is 83.0 cm³/mol. The third-order valence-electron chi connectivity index (χ3n) is 2.67. The number of amides is 4. The standard InChI is InChI=1S/C14H20N4O4/c1-9(19)16-11-6-5-10(7-12(11)22-4)17-14(21)15-8-13(20)18(2)3/h5-7H,8H2,1-4H3,(H,16,19)(H2,15,17,21). The van der Waals surface area contributed by atoms with E-state index in [9.17, 15) is 14.4 Å². The maximum absolute atomic E-state index is 11.7. The molecule has 0 aliphatic rings. The molecule has 0 heterocycles. The van der Waals surface area contributed by atoms with Crippen molar-refractivity contribution in [1.82, 2.24) is 10.2 Å². The molecule has 120 valence electrons. The number of carbonyl (C=O) groups excluding carboxylic acids is 3. The lowest BCUT2D eigenvalue weighted by Crippen LogP contribution is -2.38. The molecular weight excluding hydrogens is 288 g/mol. The number of nitrogens with one attached hydrogen (secondary N) is 3. The first kappa shape index (κ1) is 17.3. The van der Waals surface area contributed by atoms with Crippen molar-refractivity contribution in [3.05, 3.63) is 18.2 Å². The van der Waals surface area contributed by atoms with Gasteiger partial charge in [0.25, 0.3) is 0 Å². The largest absolute Gasteiger partial charge is 0.494 e. The van der Waals surface area contributed by atoms with Crippen molar-refractivity contribution in [2.75, 3.05) is 38.4 Å². The lowest BCUT2D eigenvalue weighted by Gasteiger charge is -2.13. The summed E-state index contributed by atoms with van der Waals surface area (Å²) in [5.74, 6) is -0.0231. The molecule has 4 amide bonds. The Hall–Kier alpha value is -2.77. The van der Waals surface area contributed by atoms with Crippen molar-refractivity contribution in [1.29, 1.82) is 0 Å². The highest BCUT2D eigenvalue weighted by molar-refractivity contribution is 5.94. The van der Waals surface area contributed by atoms with Gasteiger partial charge in [0.05, 0.1) is 19.3 Å². The number of ether oxygens (including phenoxy) is 1. The van der Waals surface area contributed by atoms with Gasteiger partial charge in [-0.05, 0) is 12.1 Å². The smallest absolute Gasteiger partial charge is 0.319 e. The Balaban J connectivity index is 2.67. The molecule has 1 rings (SSSR count). The molecule has 0 radical (unpaired) electrons. The van der Waals surface area contributed by atoms with Crippen LogP contribution in [0, 0.1) is 0 Å². The van der Waals surface area contributed by atoms with Crippen LogP contribution < -0.4 is 20.7 Å². The van der Waals surface area contributed by atoms with E-state index in [0.717, 1.165) is 0 Å². The second kappa shape index (κ2) is 7.87. The summed E-state index contributed by atoms with van der Waals surface area (Å²) in [6, 6.07) is 4.28. The Kier molecular flexibility index (Phi) is 6.18. The molecule has 1 aromatic carbocycles. The second-order valence-electron chi connectivity index (χ2n) is 4.69. The van der Waals surface area contributed by atoms with E-state index in [1.165, 1.54) is 18.9 Å². The minimum atomic E-state index is -0.510. The molecule has 0 fully saturated rings. The fourth-order valence-electron chi connectivity index (χ4n) is 1.55. The third-order valence-corrected chi connectivity index (χ3v) is 2.67. The number of urea groups is 1. The molecular formula is C14H20N4O4. The first-order valence-corrected chi connectivity index (χ1v) is 6.54. The molecule has 0 aliphatic carbocycles. The van der Waals surface area contributed by atoms with E-state index in [1.807, 2.05) is 0 Å². The quantitative estimate of drug-likeness (QED) is 0.751. The zero-order valence-electron chi connectivity index (χ0n) is 13.0. The van der Waals surface area contributed by atoms with Crippen LogP contribution in [0.3, 0.4) is 0 Å². The summed E-state index contributed by atoms with van der Waals surface area (Å²) in [5, 5.41) is 7.64. The molecule has 22 heavy (non-hydrogen) atoms. The zero-order chi connectivity index (χ0) is 16.7. The van der Waals surface area contributed by atoms with E-state index < -0.39 is 6.03 Å². The number of likely N-dealkylation sites (N-methyl/N-ethyl adjacent to an activating group) is 1. The predicted octanol–water partition coefficient (Wildman–Crippen LogP) is 0.863. The van der Waals surface area contributed by atoms with Gasteiger partial charge in [-0.3, -0.25) is 9.59 Å². The van der Waals surface area contributed by atoms with Crippen molar-refractivity contribution < 1.29 is 19.1 Å². The maximum atomic E-state index is 11.7. The number of anilines is 2. The van der Waals surface area contributed by atoms with Gasteiger partial charge in [0.15, 0.2) is 0 Å². The van der Waals surface area contributed by atoms with Crippen molar-refractivity contribution in [3.8, 4) is 5.75 Å². The van der Waals surface area contributed by atoms with E-state index in [2.05, 4.69) is 16.0 Å². The summed E-state index contributed by atoms with van der Waals surface area (Å²) in [6.45, 7) is 1.29. The third kappa shape index (κ3) is 5.31. The van der Waals surface area contributed by atoms with Gasteiger partial charge in [0.1, 0.15) is 5.75 Å². The molecule has 0 saturated carbocycles. The average molecular weight is 308 g/mol. The van der Waals surface area contributed by atoms with Crippen molar-refractivity contribution in [3.63, 3.8) is 0 Å². The van der Waals surface area contributed by atoms with Gasteiger partial charge in [-0.15, -0.1) is 0 Å². The Bertz CT molecular complexity index is 572. The van der Waals surface area contributed by atoms with Gasteiger partial charge in [0, 0.05) is 32.8 Å².